The van der Waals surface area contributed by atoms with Crippen molar-refractivity contribution in [2.75, 3.05) is 5.01 Å². The average molecular weight is 309 g/mol. The maximum atomic E-state index is 13.2. The molecule has 2 saturated carbocycles. The molecule has 0 bridgehead atoms. The second kappa shape index (κ2) is 5.60. The average Bonchev–Trinajstić information content (AvgIpc) is 3.43. The summed E-state index contributed by atoms with van der Waals surface area (Å²) in [5.74, 6) is 6.91. The molecular formula is C19H23N3O. The Balaban J connectivity index is 1.65. The molecule has 0 unspecified atom stereocenters. The fourth-order valence-corrected chi connectivity index (χ4v) is 4.23. The van der Waals surface area contributed by atoms with E-state index in [4.69, 9.17) is 5.84 Å². The van der Waals surface area contributed by atoms with E-state index in [0.717, 1.165) is 29.4 Å². The molecule has 1 aromatic heterocycles. The number of carbonyl (C=O) groups is 1. The largest absolute Gasteiger partial charge is 0.272 e. The summed E-state index contributed by atoms with van der Waals surface area (Å²) < 4.78 is 0. The van der Waals surface area contributed by atoms with Crippen LogP contribution in [0.4, 0.5) is 5.69 Å². The lowest BCUT2D eigenvalue weighted by Gasteiger charge is -2.32. The number of hydrogen-bond acceptors (Lipinski definition) is 3. The Morgan fingerprint density at radius 2 is 1.91 bits per heavy atom. The molecule has 2 aliphatic carbocycles. The first-order valence-electron chi connectivity index (χ1n) is 8.65. The van der Waals surface area contributed by atoms with Gasteiger partial charge in [-0.15, -0.1) is 0 Å². The molecule has 23 heavy (non-hydrogen) atoms. The minimum absolute atomic E-state index is 0.0979. The van der Waals surface area contributed by atoms with Gasteiger partial charge in [0.15, 0.2) is 0 Å². The van der Waals surface area contributed by atoms with Crippen LogP contribution in [0.15, 0.2) is 36.5 Å². The van der Waals surface area contributed by atoms with Gasteiger partial charge in [-0.3, -0.25) is 9.78 Å². The van der Waals surface area contributed by atoms with E-state index in [-0.39, 0.29) is 11.3 Å². The summed E-state index contributed by atoms with van der Waals surface area (Å²) in [5.41, 5.74) is 1.44. The summed E-state index contributed by atoms with van der Waals surface area (Å²) in [4.78, 5) is 17.5. The second-order valence-corrected chi connectivity index (χ2v) is 7.01. The maximum absolute atomic E-state index is 13.2. The molecule has 0 aliphatic heterocycles. The van der Waals surface area contributed by atoms with E-state index < -0.39 is 0 Å². The number of fused-ring (bicyclic) bond motifs is 1. The van der Waals surface area contributed by atoms with Gasteiger partial charge in [0.25, 0.3) is 0 Å². The van der Waals surface area contributed by atoms with Crippen molar-refractivity contribution < 1.29 is 4.79 Å². The smallest absolute Gasteiger partial charge is 0.247 e. The van der Waals surface area contributed by atoms with Crippen molar-refractivity contribution in [1.82, 2.24) is 4.98 Å². The summed E-state index contributed by atoms with van der Waals surface area (Å²) in [6.45, 7) is 0. The highest BCUT2D eigenvalue weighted by molar-refractivity contribution is 6.05. The first-order valence-corrected chi connectivity index (χ1v) is 8.65. The molecule has 4 rings (SSSR count). The molecule has 0 saturated heterocycles. The molecule has 0 spiro atoms. The third-order valence-electron chi connectivity index (χ3n) is 5.70. The van der Waals surface area contributed by atoms with Crippen LogP contribution in [0.1, 0.15) is 44.9 Å². The minimum atomic E-state index is -0.195. The molecule has 1 amide bonds. The molecule has 1 heterocycles. The van der Waals surface area contributed by atoms with E-state index in [2.05, 4.69) is 4.98 Å². The van der Waals surface area contributed by atoms with Crippen molar-refractivity contribution in [3.05, 3.63) is 36.5 Å². The highest BCUT2D eigenvalue weighted by Crippen LogP contribution is 2.57. The van der Waals surface area contributed by atoms with Crippen LogP contribution in [0, 0.1) is 11.3 Å². The van der Waals surface area contributed by atoms with Crippen LogP contribution >= 0.6 is 0 Å². The fraction of sp³-hybridized carbons (Fsp3) is 0.474. The van der Waals surface area contributed by atoms with Crippen LogP contribution in [0.25, 0.3) is 10.9 Å². The molecular weight excluding hydrogens is 286 g/mol. The van der Waals surface area contributed by atoms with E-state index >= 15 is 0 Å². The Morgan fingerprint density at radius 1 is 1.13 bits per heavy atom. The van der Waals surface area contributed by atoms with Gasteiger partial charge < -0.3 is 0 Å². The Bertz CT molecular complexity index is 727. The number of rotatable bonds is 3. The summed E-state index contributed by atoms with van der Waals surface area (Å²) >= 11 is 0. The highest BCUT2D eigenvalue weighted by Gasteiger charge is 2.56. The van der Waals surface area contributed by atoms with Gasteiger partial charge in [0.2, 0.25) is 5.91 Å². The number of amides is 1. The number of hydrazine groups is 1. The molecule has 0 radical (unpaired) electrons. The van der Waals surface area contributed by atoms with Crippen molar-refractivity contribution in [3.8, 4) is 0 Å². The van der Waals surface area contributed by atoms with Crippen molar-refractivity contribution in [2.24, 2.45) is 17.2 Å². The molecule has 4 heteroatoms. The van der Waals surface area contributed by atoms with E-state index in [9.17, 15) is 4.79 Å². The number of nitrogens with zero attached hydrogens (tertiary/aromatic N) is 2. The molecule has 2 aromatic rings. The Hall–Kier alpha value is -1.94. The van der Waals surface area contributed by atoms with E-state index in [1.807, 2.05) is 30.3 Å². The standard InChI is InChI=1S/C19H23N3O/c20-22(17-10-4-9-16-15(17)8-5-13-21-16)18(23)19(11-12-19)14-6-2-1-3-7-14/h4-5,8-10,13-14H,1-3,6-7,11-12,20H2. The van der Waals surface area contributed by atoms with Gasteiger partial charge in [-0.25, -0.2) is 10.9 Å². The van der Waals surface area contributed by atoms with Gasteiger partial charge in [0.05, 0.1) is 16.6 Å². The molecule has 4 nitrogen and oxygen atoms in total. The van der Waals surface area contributed by atoms with Crippen LogP contribution in [0.5, 0.6) is 0 Å². The summed E-state index contributed by atoms with van der Waals surface area (Å²) in [6.07, 6.45) is 9.92. The van der Waals surface area contributed by atoms with Crippen molar-refractivity contribution in [2.45, 2.75) is 44.9 Å². The van der Waals surface area contributed by atoms with Gasteiger partial charge >= 0.3 is 0 Å². The first-order chi connectivity index (χ1) is 11.2. The quantitative estimate of drug-likeness (QED) is 0.533. The zero-order valence-electron chi connectivity index (χ0n) is 13.4. The normalized spacial score (nSPS) is 20.4. The third kappa shape index (κ3) is 2.41. The number of benzene rings is 1. The third-order valence-corrected chi connectivity index (χ3v) is 5.70. The van der Waals surface area contributed by atoms with Crippen LogP contribution in [-0.4, -0.2) is 10.9 Å². The highest BCUT2D eigenvalue weighted by atomic mass is 16.2. The van der Waals surface area contributed by atoms with Crippen molar-refractivity contribution >= 4 is 22.5 Å². The number of nitrogens with two attached hydrogens (primary N) is 1. The second-order valence-electron chi connectivity index (χ2n) is 7.01. The summed E-state index contributed by atoms with van der Waals surface area (Å²) in [6, 6.07) is 9.64. The number of pyridine rings is 1. The Kier molecular flexibility index (Phi) is 3.57. The van der Waals surface area contributed by atoms with E-state index in [1.54, 1.807) is 6.20 Å². The van der Waals surface area contributed by atoms with Crippen LogP contribution in [0.3, 0.4) is 0 Å². The summed E-state index contributed by atoms with van der Waals surface area (Å²) in [7, 11) is 0. The summed E-state index contributed by atoms with van der Waals surface area (Å²) in [5, 5.41) is 2.33. The Morgan fingerprint density at radius 3 is 2.65 bits per heavy atom. The lowest BCUT2D eigenvalue weighted by Crippen LogP contribution is -2.45. The maximum Gasteiger partial charge on any atom is 0.247 e. The van der Waals surface area contributed by atoms with Gasteiger partial charge in [-0.1, -0.05) is 25.3 Å². The minimum Gasteiger partial charge on any atom is -0.272 e. The first kappa shape index (κ1) is 14.6. The predicted molar refractivity (Wildman–Crippen MR) is 91.7 cm³/mol. The van der Waals surface area contributed by atoms with Crippen molar-refractivity contribution in [3.63, 3.8) is 0 Å². The van der Waals surface area contributed by atoms with Gasteiger partial charge in [0.1, 0.15) is 0 Å². The number of anilines is 1. The molecule has 0 atom stereocenters. The SMILES string of the molecule is NN(C(=O)C1(C2CCCCC2)CC1)c1cccc2ncccc12. The van der Waals surface area contributed by atoms with Crippen LogP contribution in [0.2, 0.25) is 0 Å². The van der Waals surface area contributed by atoms with Crippen molar-refractivity contribution in [1.29, 1.82) is 0 Å². The zero-order chi connectivity index (χ0) is 15.9. The number of carbonyl (C=O) groups excluding carboxylic acids is 1. The molecule has 120 valence electrons. The molecule has 2 aliphatic rings. The van der Waals surface area contributed by atoms with Gasteiger partial charge in [-0.05, 0) is 55.9 Å². The predicted octanol–water partition coefficient (Wildman–Crippen LogP) is 3.80. The van der Waals surface area contributed by atoms with Gasteiger partial charge in [0, 0.05) is 11.6 Å². The molecule has 1 aromatic carbocycles. The van der Waals surface area contributed by atoms with Gasteiger partial charge in [-0.2, -0.15) is 0 Å². The Labute approximate surface area is 136 Å². The number of hydrogen-bond donors (Lipinski definition) is 1. The van der Waals surface area contributed by atoms with E-state index in [0.29, 0.717) is 5.92 Å². The lowest BCUT2D eigenvalue weighted by molar-refractivity contribution is -0.126. The molecule has 2 N–H and O–H groups in total. The lowest BCUT2D eigenvalue weighted by atomic mass is 9.77. The zero-order valence-corrected chi connectivity index (χ0v) is 13.4. The number of aromatic nitrogens is 1. The monoisotopic (exact) mass is 309 g/mol. The fourth-order valence-electron chi connectivity index (χ4n) is 4.23. The van der Waals surface area contributed by atoms with Crippen LogP contribution < -0.4 is 10.9 Å². The molecule has 2 fully saturated rings. The topological polar surface area (TPSA) is 59.2 Å². The van der Waals surface area contributed by atoms with E-state index in [1.165, 1.54) is 37.1 Å². The van der Waals surface area contributed by atoms with Crippen LogP contribution in [-0.2, 0) is 4.79 Å².